The van der Waals surface area contributed by atoms with E-state index >= 15 is 0 Å². The van der Waals surface area contributed by atoms with Gasteiger partial charge < -0.3 is 0 Å². The van der Waals surface area contributed by atoms with Gasteiger partial charge in [0.25, 0.3) is 0 Å². The molecule has 4 heteroatoms. The van der Waals surface area contributed by atoms with Crippen LogP contribution in [0.1, 0.15) is 15.9 Å². The lowest BCUT2D eigenvalue weighted by molar-refractivity contribution is 0.0993. The number of benzene rings is 2. The zero-order valence-corrected chi connectivity index (χ0v) is 11.6. The molecule has 0 aliphatic carbocycles. The molecule has 92 valence electrons. The fourth-order valence-electron chi connectivity index (χ4n) is 1.58. The number of carbonyl (C=O) groups is 1. The third-order valence-corrected chi connectivity index (χ3v) is 3.37. The molecular formula is C14H9Cl3O. The van der Waals surface area contributed by atoms with Crippen molar-refractivity contribution < 1.29 is 4.79 Å². The Labute approximate surface area is 120 Å². The highest BCUT2D eigenvalue weighted by molar-refractivity contribution is 6.35. The summed E-state index contributed by atoms with van der Waals surface area (Å²) in [6.45, 7) is 0. The second-order valence-corrected chi connectivity index (χ2v) is 5.12. The van der Waals surface area contributed by atoms with E-state index in [1.807, 2.05) is 0 Å². The van der Waals surface area contributed by atoms with Gasteiger partial charge in [0.05, 0.1) is 0 Å². The van der Waals surface area contributed by atoms with Crippen LogP contribution in [0.5, 0.6) is 0 Å². The molecule has 0 N–H and O–H groups in total. The molecule has 18 heavy (non-hydrogen) atoms. The molecule has 2 aromatic carbocycles. The molecule has 2 aromatic rings. The summed E-state index contributed by atoms with van der Waals surface area (Å²) in [6.07, 6.45) is 0.248. The number of carbonyl (C=O) groups excluding carboxylic acids is 1. The maximum atomic E-state index is 12.0. The van der Waals surface area contributed by atoms with Crippen molar-refractivity contribution >= 4 is 40.6 Å². The Hall–Kier alpha value is -1.02. The zero-order valence-electron chi connectivity index (χ0n) is 9.29. The van der Waals surface area contributed by atoms with Crippen LogP contribution >= 0.6 is 34.8 Å². The van der Waals surface area contributed by atoms with Crippen LogP contribution in [-0.2, 0) is 6.42 Å². The minimum absolute atomic E-state index is 0.00381. The predicted octanol–water partition coefficient (Wildman–Crippen LogP) is 5.07. The summed E-state index contributed by atoms with van der Waals surface area (Å²) < 4.78 is 0. The Morgan fingerprint density at radius 1 is 0.889 bits per heavy atom. The average Bonchev–Trinajstić information content (AvgIpc) is 2.33. The van der Waals surface area contributed by atoms with Crippen molar-refractivity contribution in [2.75, 3.05) is 0 Å². The van der Waals surface area contributed by atoms with Crippen LogP contribution in [0.4, 0.5) is 0 Å². The fourth-order valence-corrected chi connectivity index (χ4v) is 2.18. The molecule has 1 nitrogen and oxygen atoms in total. The van der Waals surface area contributed by atoms with Crippen LogP contribution < -0.4 is 0 Å². The lowest BCUT2D eigenvalue weighted by Gasteiger charge is -2.04. The molecule has 0 bridgehead atoms. The molecule has 0 fully saturated rings. The molecule has 0 spiro atoms. The van der Waals surface area contributed by atoms with E-state index in [0.29, 0.717) is 20.6 Å². The van der Waals surface area contributed by atoms with E-state index in [1.54, 1.807) is 42.5 Å². The van der Waals surface area contributed by atoms with E-state index in [1.165, 1.54) is 0 Å². The van der Waals surface area contributed by atoms with Crippen LogP contribution in [0, 0.1) is 0 Å². The Balaban J connectivity index is 2.18. The van der Waals surface area contributed by atoms with Gasteiger partial charge >= 0.3 is 0 Å². The summed E-state index contributed by atoms with van der Waals surface area (Å²) in [5.74, 6) is -0.00381. The average molecular weight is 300 g/mol. The molecule has 0 saturated carbocycles. The lowest BCUT2D eigenvalue weighted by atomic mass is 10.0. The van der Waals surface area contributed by atoms with E-state index in [4.69, 9.17) is 34.8 Å². The normalized spacial score (nSPS) is 10.4. The Kier molecular flexibility index (Phi) is 4.28. The van der Waals surface area contributed by atoms with Crippen molar-refractivity contribution in [1.29, 1.82) is 0 Å². The van der Waals surface area contributed by atoms with Gasteiger partial charge in [-0.05, 0) is 42.0 Å². The first-order valence-corrected chi connectivity index (χ1v) is 6.42. The number of ketones is 1. The van der Waals surface area contributed by atoms with Gasteiger partial charge in [-0.25, -0.2) is 0 Å². The zero-order chi connectivity index (χ0) is 13.1. The highest BCUT2D eigenvalue weighted by Gasteiger charge is 2.09. The SMILES string of the molecule is O=C(Cc1ccc(Cl)cc1Cl)c1ccc(Cl)cc1. The van der Waals surface area contributed by atoms with E-state index in [0.717, 1.165) is 5.56 Å². The maximum absolute atomic E-state index is 12.0. The standard InChI is InChI=1S/C14H9Cl3O/c15-11-4-1-9(2-5-11)14(18)7-10-3-6-12(16)8-13(10)17/h1-6,8H,7H2. The molecule has 0 aromatic heterocycles. The highest BCUT2D eigenvalue weighted by Crippen LogP contribution is 2.22. The maximum Gasteiger partial charge on any atom is 0.167 e. The van der Waals surface area contributed by atoms with Crippen LogP contribution in [-0.4, -0.2) is 5.78 Å². The second-order valence-electron chi connectivity index (χ2n) is 3.84. The van der Waals surface area contributed by atoms with Crippen LogP contribution in [0.15, 0.2) is 42.5 Å². The molecule has 0 radical (unpaired) electrons. The quantitative estimate of drug-likeness (QED) is 0.723. The number of hydrogen-bond acceptors (Lipinski definition) is 1. The topological polar surface area (TPSA) is 17.1 Å². The molecular weight excluding hydrogens is 291 g/mol. The molecule has 0 aliphatic heterocycles. The minimum Gasteiger partial charge on any atom is -0.294 e. The van der Waals surface area contributed by atoms with Crippen molar-refractivity contribution in [2.45, 2.75) is 6.42 Å². The summed E-state index contributed by atoms with van der Waals surface area (Å²) in [4.78, 5) is 12.0. The van der Waals surface area contributed by atoms with Crippen LogP contribution in [0.3, 0.4) is 0 Å². The van der Waals surface area contributed by atoms with Gasteiger partial charge in [-0.3, -0.25) is 4.79 Å². The van der Waals surface area contributed by atoms with Gasteiger partial charge in [0.1, 0.15) is 0 Å². The van der Waals surface area contributed by atoms with Gasteiger partial charge in [0, 0.05) is 27.1 Å². The number of hydrogen-bond donors (Lipinski definition) is 0. The fraction of sp³-hybridized carbons (Fsp3) is 0.0714. The summed E-state index contributed by atoms with van der Waals surface area (Å²) in [5.41, 5.74) is 1.38. The van der Waals surface area contributed by atoms with Crippen molar-refractivity contribution in [3.63, 3.8) is 0 Å². The van der Waals surface area contributed by atoms with Gasteiger partial charge in [-0.1, -0.05) is 40.9 Å². The summed E-state index contributed by atoms with van der Waals surface area (Å²) in [7, 11) is 0. The summed E-state index contributed by atoms with van der Waals surface area (Å²) in [5, 5.41) is 1.67. The number of rotatable bonds is 3. The smallest absolute Gasteiger partial charge is 0.167 e. The monoisotopic (exact) mass is 298 g/mol. The molecule has 0 heterocycles. The number of Topliss-reactive ketones (excluding diaryl/α,β-unsaturated/α-hetero) is 1. The third kappa shape index (κ3) is 3.26. The molecule has 0 aliphatic rings. The number of halogens is 3. The summed E-state index contributed by atoms with van der Waals surface area (Å²) >= 11 is 17.6. The lowest BCUT2D eigenvalue weighted by Crippen LogP contribution is -2.03. The predicted molar refractivity (Wildman–Crippen MR) is 75.9 cm³/mol. The molecule has 0 unspecified atom stereocenters. The van der Waals surface area contributed by atoms with Crippen LogP contribution in [0.2, 0.25) is 15.1 Å². The second kappa shape index (κ2) is 5.75. The van der Waals surface area contributed by atoms with E-state index in [2.05, 4.69) is 0 Å². The Morgan fingerprint density at radius 3 is 2.11 bits per heavy atom. The largest absolute Gasteiger partial charge is 0.294 e. The minimum atomic E-state index is -0.00381. The van der Waals surface area contributed by atoms with E-state index < -0.39 is 0 Å². The summed E-state index contributed by atoms with van der Waals surface area (Å²) in [6, 6.07) is 11.9. The molecule has 0 atom stereocenters. The third-order valence-electron chi connectivity index (χ3n) is 2.53. The van der Waals surface area contributed by atoms with Gasteiger partial charge in [0.2, 0.25) is 0 Å². The molecule has 2 rings (SSSR count). The van der Waals surface area contributed by atoms with Crippen molar-refractivity contribution in [2.24, 2.45) is 0 Å². The van der Waals surface area contributed by atoms with E-state index in [-0.39, 0.29) is 12.2 Å². The first-order valence-electron chi connectivity index (χ1n) is 5.29. The van der Waals surface area contributed by atoms with Gasteiger partial charge in [-0.15, -0.1) is 0 Å². The molecule has 0 amide bonds. The van der Waals surface area contributed by atoms with Crippen molar-refractivity contribution in [3.8, 4) is 0 Å². The van der Waals surface area contributed by atoms with Crippen molar-refractivity contribution in [1.82, 2.24) is 0 Å². The Morgan fingerprint density at radius 2 is 1.50 bits per heavy atom. The Bertz CT molecular complexity index is 576. The first kappa shape index (κ1) is 13.4. The van der Waals surface area contributed by atoms with Gasteiger partial charge in [-0.2, -0.15) is 0 Å². The molecule has 0 saturated heterocycles. The van der Waals surface area contributed by atoms with Crippen LogP contribution in [0.25, 0.3) is 0 Å². The highest BCUT2D eigenvalue weighted by atomic mass is 35.5. The van der Waals surface area contributed by atoms with Gasteiger partial charge in [0.15, 0.2) is 5.78 Å². The first-order chi connectivity index (χ1) is 8.56. The van der Waals surface area contributed by atoms with E-state index in [9.17, 15) is 4.79 Å². The van der Waals surface area contributed by atoms with Crippen molar-refractivity contribution in [3.05, 3.63) is 68.7 Å².